The highest BCUT2D eigenvalue weighted by Crippen LogP contribution is 2.53. The van der Waals surface area contributed by atoms with E-state index in [1.807, 2.05) is 20.8 Å². The zero-order valence-electron chi connectivity index (χ0n) is 12.4. The second-order valence-corrected chi connectivity index (χ2v) is 6.09. The number of fused-ring (bicyclic) bond motifs is 1. The van der Waals surface area contributed by atoms with Crippen LogP contribution in [0.1, 0.15) is 33.2 Å². The first-order valence-corrected chi connectivity index (χ1v) is 7.11. The number of benzene rings is 1. The highest BCUT2D eigenvalue weighted by Gasteiger charge is 2.51. The first kappa shape index (κ1) is 14.3. The summed E-state index contributed by atoms with van der Waals surface area (Å²) < 4.78 is 35.0. The number of nitrogens with two attached hydrogens (primary N) is 1. The molecule has 0 spiro atoms. The third kappa shape index (κ3) is 1.92. The summed E-state index contributed by atoms with van der Waals surface area (Å²) in [5, 5.41) is 0. The maximum atomic E-state index is 14.2. The monoisotopic (exact) mass is 295 g/mol. The number of halogens is 2. The minimum Gasteiger partial charge on any atom is -0.378 e. The lowest BCUT2D eigenvalue weighted by atomic mass is 9.64. The van der Waals surface area contributed by atoms with Crippen LogP contribution in [-0.2, 0) is 4.74 Å². The van der Waals surface area contributed by atoms with Gasteiger partial charge in [0.05, 0.1) is 11.6 Å². The van der Waals surface area contributed by atoms with Crippen LogP contribution >= 0.6 is 0 Å². The Hall–Kier alpha value is -1.69. The first-order valence-electron chi connectivity index (χ1n) is 7.11. The SMILES string of the molecule is CCOC1CC(n2c(N)nc3ccc(F)c(F)c32)C1(C)C. The molecule has 0 saturated heterocycles. The number of hydrogen-bond acceptors (Lipinski definition) is 3. The van der Waals surface area contributed by atoms with Crippen LogP contribution in [0.4, 0.5) is 14.7 Å². The predicted octanol–water partition coefficient (Wildman–Crippen LogP) is 3.27. The molecule has 2 atom stereocenters. The third-order valence-corrected chi connectivity index (χ3v) is 4.58. The fourth-order valence-corrected chi connectivity index (χ4v) is 3.24. The van der Waals surface area contributed by atoms with Crippen molar-refractivity contribution in [2.75, 3.05) is 12.3 Å². The van der Waals surface area contributed by atoms with Crippen LogP contribution in [0.25, 0.3) is 11.0 Å². The minimum absolute atomic E-state index is 0.0599. The fourth-order valence-electron chi connectivity index (χ4n) is 3.24. The number of anilines is 1. The van der Waals surface area contributed by atoms with E-state index in [9.17, 15) is 8.78 Å². The highest BCUT2D eigenvalue weighted by molar-refractivity contribution is 5.79. The van der Waals surface area contributed by atoms with Gasteiger partial charge in [0.25, 0.3) is 0 Å². The molecule has 1 fully saturated rings. The molecule has 2 N–H and O–H groups in total. The molecule has 1 aromatic carbocycles. The second-order valence-electron chi connectivity index (χ2n) is 6.09. The minimum atomic E-state index is -0.896. The molecule has 1 aromatic heterocycles. The van der Waals surface area contributed by atoms with Crippen molar-refractivity contribution in [2.45, 2.75) is 39.3 Å². The second kappa shape index (κ2) is 4.66. The third-order valence-electron chi connectivity index (χ3n) is 4.58. The van der Waals surface area contributed by atoms with E-state index >= 15 is 0 Å². The molecule has 114 valence electrons. The molecule has 1 aliphatic rings. The van der Waals surface area contributed by atoms with E-state index < -0.39 is 11.6 Å². The smallest absolute Gasteiger partial charge is 0.201 e. The largest absolute Gasteiger partial charge is 0.378 e. The number of rotatable bonds is 3. The van der Waals surface area contributed by atoms with Gasteiger partial charge in [-0.2, -0.15) is 0 Å². The zero-order chi connectivity index (χ0) is 15.4. The highest BCUT2D eigenvalue weighted by atomic mass is 19.2. The van der Waals surface area contributed by atoms with Gasteiger partial charge in [0, 0.05) is 18.1 Å². The summed E-state index contributed by atoms with van der Waals surface area (Å²) in [6.07, 6.45) is 0.799. The van der Waals surface area contributed by atoms with Crippen molar-refractivity contribution >= 4 is 17.0 Å². The first-order chi connectivity index (χ1) is 9.87. The van der Waals surface area contributed by atoms with E-state index in [0.29, 0.717) is 18.5 Å². The molecule has 21 heavy (non-hydrogen) atoms. The maximum Gasteiger partial charge on any atom is 0.201 e. The Morgan fingerprint density at radius 2 is 2.14 bits per heavy atom. The number of nitrogen functional groups attached to an aromatic ring is 1. The molecule has 0 aliphatic heterocycles. The van der Waals surface area contributed by atoms with Crippen LogP contribution in [0.5, 0.6) is 0 Å². The Bertz CT molecular complexity index is 696. The van der Waals surface area contributed by atoms with Crippen molar-refractivity contribution in [3.05, 3.63) is 23.8 Å². The van der Waals surface area contributed by atoms with Gasteiger partial charge in [-0.15, -0.1) is 0 Å². The predicted molar refractivity (Wildman–Crippen MR) is 76.9 cm³/mol. The standard InChI is InChI=1S/C15H19F2N3O/c1-4-21-11-7-10(15(11,2)3)20-13-9(19-14(20)18)6-5-8(16)12(13)17/h5-6,10-11H,4,7H2,1-3H3,(H2,18,19). The van der Waals surface area contributed by atoms with Gasteiger partial charge < -0.3 is 15.0 Å². The summed E-state index contributed by atoms with van der Waals surface area (Å²) in [5.41, 5.74) is 6.25. The van der Waals surface area contributed by atoms with Gasteiger partial charge in [-0.1, -0.05) is 13.8 Å². The van der Waals surface area contributed by atoms with E-state index in [-0.39, 0.29) is 29.0 Å². The summed E-state index contributed by atoms with van der Waals surface area (Å²) >= 11 is 0. The Morgan fingerprint density at radius 3 is 2.76 bits per heavy atom. The lowest BCUT2D eigenvalue weighted by Gasteiger charge is -2.52. The molecule has 0 amide bonds. The van der Waals surface area contributed by atoms with Gasteiger partial charge in [0.2, 0.25) is 5.95 Å². The maximum absolute atomic E-state index is 14.2. The Balaban J connectivity index is 2.10. The quantitative estimate of drug-likeness (QED) is 0.945. The van der Waals surface area contributed by atoms with E-state index in [4.69, 9.17) is 10.5 Å². The normalized spacial score (nSPS) is 24.2. The van der Waals surface area contributed by atoms with Gasteiger partial charge in [-0.3, -0.25) is 0 Å². The molecule has 4 nitrogen and oxygen atoms in total. The topological polar surface area (TPSA) is 53.1 Å². The van der Waals surface area contributed by atoms with Crippen molar-refractivity contribution in [3.63, 3.8) is 0 Å². The molecular formula is C15H19F2N3O. The number of imidazole rings is 1. The molecular weight excluding hydrogens is 276 g/mol. The van der Waals surface area contributed by atoms with Gasteiger partial charge in [-0.25, -0.2) is 13.8 Å². The van der Waals surface area contributed by atoms with Crippen LogP contribution in [0.3, 0.4) is 0 Å². The summed E-state index contributed by atoms with van der Waals surface area (Å²) in [4.78, 5) is 4.15. The molecule has 0 radical (unpaired) electrons. The van der Waals surface area contributed by atoms with E-state index in [1.165, 1.54) is 6.07 Å². The lowest BCUT2D eigenvalue weighted by molar-refractivity contribution is -0.126. The van der Waals surface area contributed by atoms with Crippen LogP contribution in [0.2, 0.25) is 0 Å². The van der Waals surface area contributed by atoms with Crippen molar-refractivity contribution in [2.24, 2.45) is 5.41 Å². The summed E-state index contributed by atoms with van der Waals surface area (Å²) in [6.45, 7) is 6.66. The Morgan fingerprint density at radius 1 is 1.43 bits per heavy atom. The lowest BCUT2D eigenvalue weighted by Crippen LogP contribution is -2.51. The molecule has 3 rings (SSSR count). The average molecular weight is 295 g/mol. The summed E-state index contributed by atoms with van der Waals surface area (Å²) in [6, 6.07) is 2.46. The Kier molecular flexibility index (Phi) is 3.16. The van der Waals surface area contributed by atoms with Gasteiger partial charge in [0.15, 0.2) is 11.6 Å². The molecule has 1 saturated carbocycles. The summed E-state index contributed by atoms with van der Waals surface area (Å²) in [7, 11) is 0. The van der Waals surface area contributed by atoms with E-state index in [1.54, 1.807) is 4.57 Å². The van der Waals surface area contributed by atoms with Gasteiger partial charge >= 0.3 is 0 Å². The van der Waals surface area contributed by atoms with Gasteiger partial charge in [-0.05, 0) is 25.5 Å². The average Bonchev–Trinajstić information content (AvgIpc) is 2.75. The van der Waals surface area contributed by atoms with E-state index in [0.717, 1.165) is 6.07 Å². The van der Waals surface area contributed by atoms with Crippen LogP contribution in [0.15, 0.2) is 12.1 Å². The number of aromatic nitrogens is 2. The molecule has 1 aliphatic carbocycles. The van der Waals surface area contributed by atoms with Crippen molar-refractivity contribution in [1.82, 2.24) is 9.55 Å². The number of hydrogen-bond donors (Lipinski definition) is 1. The fraction of sp³-hybridized carbons (Fsp3) is 0.533. The van der Waals surface area contributed by atoms with Gasteiger partial charge in [0.1, 0.15) is 5.52 Å². The van der Waals surface area contributed by atoms with Crippen LogP contribution in [0, 0.1) is 17.0 Å². The molecule has 2 aromatic rings. The summed E-state index contributed by atoms with van der Waals surface area (Å²) in [5.74, 6) is -1.57. The molecule has 1 heterocycles. The van der Waals surface area contributed by atoms with Crippen molar-refractivity contribution in [1.29, 1.82) is 0 Å². The molecule has 2 unspecified atom stereocenters. The van der Waals surface area contributed by atoms with E-state index in [2.05, 4.69) is 4.98 Å². The van der Waals surface area contributed by atoms with Crippen molar-refractivity contribution < 1.29 is 13.5 Å². The van der Waals surface area contributed by atoms with Crippen LogP contribution < -0.4 is 5.73 Å². The molecule has 0 bridgehead atoms. The number of nitrogens with zero attached hydrogens (tertiary/aromatic N) is 2. The molecule has 6 heteroatoms. The number of ether oxygens (including phenoxy) is 1. The Labute approximate surface area is 121 Å². The van der Waals surface area contributed by atoms with Crippen LogP contribution in [-0.4, -0.2) is 22.3 Å². The zero-order valence-corrected chi connectivity index (χ0v) is 12.4. The van der Waals surface area contributed by atoms with Crippen molar-refractivity contribution in [3.8, 4) is 0 Å².